The molecule has 5 heterocycles. The number of halogens is 4. The van der Waals surface area contributed by atoms with Crippen molar-refractivity contribution in [1.82, 2.24) is 24.2 Å². The number of carboxylic acid groups (broad SMARTS) is 1. The highest BCUT2D eigenvalue weighted by atomic mass is 35.5. The van der Waals surface area contributed by atoms with Crippen molar-refractivity contribution in [3.63, 3.8) is 0 Å². The van der Waals surface area contributed by atoms with Crippen LogP contribution in [0.1, 0.15) is 191 Å². The maximum absolute atomic E-state index is 14.9. The van der Waals surface area contributed by atoms with E-state index in [1.807, 2.05) is 37.3 Å². The predicted octanol–water partition coefficient (Wildman–Crippen LogP) is 12.8. The quantitative estimate of drug-likeness (QED) is 0.0192. The van der Waals surface area contributed by atoms with Gasteiger partial charge in [0.1, 0.15) is 60.9 Å². The molecular weight excluding hydrogens is 1570 g/mol. The van der Waals surface area contributed by atoms with Crippen molar-refractivity contribution in [1.29, 1.82) is 0 Å². The largest absolute Gasteiger partial charge is 0.497 e. The van der Waals surface area contributed by atoms with Crippen LogP contribution in [-0.4, -0.2) is 177 Å². The number of hydrogen-bond donors (Lipinski definition) is 4. The van der Waals surface area contributed by atoms with Crippen LogP contribution >= 0.6 is 12.4 Å². The molecule has 2 spiro atoms. The van der Waals surface area contributed by atoms with E-state index in [0.29, 0.717) is 110 Å². The van der Waals surface area contributed by atoms with E-state index in [4.69, 9.17) is 43.9 Å². The summed E-state index contributed by atoms with van der Waals surface area (Å²) in [5, 5.41) is 11.9. The molecule has 4 aliphatic carbocycles. The van der Waals surface area contributed by atoms with Crippen molar-refractivity contribution < 1.29 is 102 Å². The Labute approximate surface area is 684 Å². The van der Waals surface area contributed by atoms with E-state index >= 15 is 0 Å². The number of fused-ring (bicyclic) bond motifs is 6. The molecule has 638 valence electrons. The number of unbranched alkanes of at least 4 members (excludes halogenated alkanes) is 6. The first-order valence-corrected chi connectivity index (χ1v) is 42.6. The average molecular weight is 1680 g/mol. The van der Waals surface area contributed by atoms with Gasteiger partial charge in [0.2, 0.25) is 37.8 Å². The lowest BCUT2D eigenvalue weighted by Crippen LogP contribution is -2.50. The molecule has 1 aromatic heterocycles. The van der Waals surface area contributed by atoms with E-state index in [-0.39, 0.29) is 107 Å². The van der Waals surface area contributed by atoms with Gasteiger partial charge in [-0.3, -0.25) is 38.2 Å². The average Bonchev–Trinajstić information content (AvgIpc) is 1.54. The number of carbonyl (C=O) groups is 7. The number of carboxylic acids is 1. The van der Waals surface area contributed by atoms with Crippen LogP contribution in [0.4, 0.5) is 13.2 Å². The van der Waals surface area contributed by atoms with Gasteiger partial charge in [-0.15, -0.1) is 38.7 Å². The Bertz CT molecular complexity index is 4660. The molecule has 0 unspecified atom stereocenters. The Morgan fingerprint density at radius 3 is 1.69 bits per heavy atom. The summed E-state index contributed by atoms with van der Waals surface area (Å²) < 4.78 is 136. The molecule has 4 saturated carbocycles. The van der Waals surface area contributed by atoms with Gasteiger partial charge in [0, 0.05) is 67.7 Å². The van der Waals surface area contributed by atoms with Crippen LogP contribution in [0, 0.1) is 36.0 Å². The number of ketones is 1. The number of allylic oxidation sites excluding steroid dienone is 3. The maximum Gasteiger partial charge on any atom is 0.419 e. The summed E-state index contributed by atoms with van der Waals surface area (Å²) in [6.45, 7) is 24.0. The Morgan fingerprint density at radius 2 is 1.19 bits per heavy atom. The highest BCUT2D eigenvalue weighted by Crippen LogP contribution is 2.59. The molecule has 3 aromatic carbocycles. The molecule has 12 rings (SSSR count). The summed E-state index contributed by atoms with van der Waals surface area (Å²) in [5.74, 6) is -4.33. The van der Waals surface area contributed by atoms with Crippen molar-refractivity contribution in [2.75, 3.05) is 54.7 Å². The first kappa shape index (κ1) is 91.7. The molecule has 31 heteroatoms. The number of alkyl halides is 3. The number of nitrogens with two attached hydrogens (primary N) is 1. The van der Waals surface area contributed by atoms with Crippen LogP contribution in [0.3, 0.4) is 0 Å². The molecule has 10 atom stereocenters. The molecule has 4 aliphatic heterocycles. The van der Waals surface area contributed by atoms with Gasteiger partial charge >= 0.3 is 18.1 Å². The zero-order chi connectivity index (χ0) is 84.2. The number of rotatable bonds is 34. The minimum absolute atomic E-state index is 0. The van der Waals surface area contributed by atoms with Gasteiger partial charge in [-0.2, -0.15) is 13.2 Å². The Hall–Kier alpha value is -8.16. The number of Topliss-reactive ketones (excluding diaryl/α,β-unsaturated/α-hetero) is 1. The van der Waals surface area contributed by atoms with E-state index in [2.05, 4.69) is 35.8 Å². The van der Waals surface area contributed by atoms with Crippen molar-refractivity contribution in [3.05, 3.63) is 115 Å². The monoisotopic (exact) mass is 1680 g/mol. The summed E-state index contributed by atoms with van der Waals surface area (Å²) in [4.78, 5) is 102. The number of nitrogens with one attached hydrogen (secondary N) is 2. The number of methoxy groups -OCH3 is 4. The number of aryl methyl sites for hydroxylation is 3. The summed E-state index contributed by atoms with van der Waals surface area (Å²) in [7, 11) is -1.88. The zero-order valence-corrected chi connectivity index (χ0v) is 70.5. The molecule has 116 heavy (non-hydrogen) atoms. The number of aromatic nitrogens is 1. The smallest absolute Gasteiger partial charge is 0.419 e. The van der Waals surface area contributed by atoms with Gasteiger partial charge in [-0.25, -0.2) is 26.6 Å². The first-order chi connectivity index (χ1) is 54.2. The van der Waals surface area contributed by atoms with Crippen LogP contribution in [0.2, 0.25) is 0 Å². The van der Waals surface area contributed by atoms with Crippen LogP contribution in [-0.2, 0) is 86.8 Å². The first-order valence-electron chi connectivity index (χ1n) is 39.7. The minimum Gasteiger partial charge on any atom is -0.497 e. The number of sulfonamides is 2. The highest BCUT2D eigenvalue weighted by molar-refractivity contribution is 7.92. The van der Waals surface area contributed by atoms with Gasteiger partial charge in [0.15, 0.2) is 5.78 Å². The number of amides is 4. The highest BCUT2D eigenvalue weighted by Gasteiger charge is 2.65. The normalized spacial score (nSPS) is 24.8. The maximum atomic E-state index is 14.9. The SMILES string of the molecule is C=CCCCCC[C@H](C)C(=O)N1C[C@@]2(CCc3c(c(C(F)(F)F)cc4ccc(OC)cc34)O2)C[C@H]1C(=O)O.C=CCCCCC[C@H](CC(=O)OC(C)(C)C)C(=O)N1C[C@@]2(CCc3c(c(C)nc4ccc(OC)cc34)O2)C[C@H]1C(=O)C[C@]1(C(=O)NS(=O)(=O)C2(COC)CC2)C[C@H]1C=C.C=C[C@@H]1C[C@]1(N)C(=O)NS(=O)(=O)C1(COC)CC1.Cl. The standard InChI is InChI=1S/C45H61N3O10S.C29H34F3NO5.C11H18N2O4S.ClH/c1-9-11-12-13-14-15-30(22-38(50)57-42(4,5)6)40(51)48-27-43(19-18-33-34-23-32(56-8)16-17-35(34)46-29(3)39(33)58-43)25-36(48)37(49)26-45(24-31(45)10-2)41(52)47-59(53,54)44(20-21-44)28-55-7;1-4-5-6-7-8-9-18(2)26(34)33-17-28(16-24(33)27(35)36)13-12-21-22-15-20(37-3)11-10-19(22)14-23(25(21)38-28)29(30,31)32;1-3-8-6-11(8,12)9(14)13-18(15,16)10(4-5-10)7-17-2;/h9-10,16-17,23,30-31,36H,1-2,11-15,18-22,24-28H2,3-8H3,(H,47,52);4,10-11,14-15,18,24H,1,5-9,12-13,16-17H2,2-3H3,(H,35,36);3,8H,1,4-7,12H2,2H3,(H,13,14);1H/t30-,31-,36+,43-,45-;18-,24-,28+;8-,11-;/m101./s1. The topological polar surface area (TPSA) is 342 Å². The lowest BCUT2D eigenvalue weighted by molar-refractivity contribution is -0.159. The Morgan fingerprint density at radius 1 is 0.672 bits per heavy atom. The number of likely N-dealkylation sites (tertiary alicyclic amines) is 2. The van der Waals surface area contributed by atoms with Gasteiger partial charge in [-0.1, -0.05) is 63.0 Å². The second-order valence-electron chi connectivity index (χ2n) is 33.8. The van der Waals surface area contributed by atoms with Crippen molar-refractivity contribution >= 4 is 95.5 Å². The second kappa shape index (κ2) is 36.2. The van der Waals surface area contributed by atoms with Crippen LogP contribution in [0.25, 0.3) is 21.7 Å². The third-order valence-electron chi connectivity index (χ3n) is 24.2. The number of nitrogens with zero attached hydrogens (tertiary/aromatic N) is 3. The summed E-state index contributed by atoms with van der Waals surface area (Å²) in [5.41, 5.74) is 2.39. The Balaban J connectivity index is 0.000000228. The van der Waals surface area contributed by atoms with E-state index in [0.717, 1.165) is 67.5 Å². The second-order valence-corrected chi connectivity index (χ2v) is 37.9. The number of esters is 1. The molecule has 25 nitrogen and oxygen atoms in total. The number of carbonyl (C=O) groups excluding carboxylic acids is 6. The van der Waals surface area contributed by atoms with Gasteiger partial charge in [-0.05, 0) is 184 Å². The van der Waals surface area contributed by atoms with Crippen LogP contribution in [0.15, 0.2) is 93.1 Å². The van der Waals surface area contributed by atoms with Crippen LogP contribution in [0.5, 0.6) is 23.0 Å². The van der Waals surface area contributed by atoms with E-state index in [1.54, 1.807) is 70.1 Å². The van der Waals surface area contributed by atoms with E-state index in [9.17, 15) is 68.7 Å². The Kier molecular flexibility index (Phi) is 28.6. The minimum atomic E-state index is -4.67. The zero-order valence-electron chi connectivity index (χ0n) is 68.0. The lowest BCUT2D eigenvalue weighted by atomic mass is 9.85. The number of hydrogen-bond acceptors (Lipinski definition) is 20. The third kappa shape index (κ3) is 19.9. The number of aliphatic carboxylic acids is 1. The molecular formula is C85H114ClF3N6O19S2. The van der Waals surface area contributed by atoms with E-state index in [1.165, 1.54) is 26.2 Å². The number of benzene rings is 3. The summed E-state index contributed by atoms with van der Waals surface area (Å²) in [6.07, 6.45) is 13.8. The molecule has 0 bridgehead atoms. The van der Waals surface area contributed by atoms with Crippen molar-refractivity contribution in [2.24, 2.45) is 34.8 Å². The molecule has 8 aliphatic rings. The summed E-state index contributed by atoms with van der Waals surface area (Å²) >= 11 is 0. The fourth-order valence-corrected chi connectivity index (χ4v) is 20.1. The predicted molar refractivity (Wildman–Crippen MR) is 434 cm³/mol. The number of ether oxygens (including phenoxy) is 7. The third-order valence-corrected chi connectivity index (χ3v) is 28.5. The molecule has 0 radical (unpaired) electrons. The summed E-state index contributed by atoms with van der Waals surface area (Å²) in [6, 6.07) is 9.50. The van der Waals surface area contributed by atoms with Gasteiger partial charge < -0.3 is 53.8 Å². The molecule has 4 aromatic rings. The lowest BCUT2D eigenvalue weighted by Gasteiger charge is -2.37. The molecule has 2 saturated heterocycles. The fraction of sp³-hybridized carbons (Fsp3) is 0.600. The van der Waals surface area contributed by atoms with Crippen molar-refractivity contribution in [3.8, 4) is 23.0 Å². The molecule has 5 N–H and O–H groups in total. The van der Waals surface area contributed by atoms with Gasteiger partial charge in [0.05, 0.1) is 75.2 Å². The van der Waals surface area contributed by atoms with Crippen molar-refractivity contribution in [2.45, 2.75) is 239 Å². The number of pyridine rings is 1. The molecule has 6 fully saturated rings. The van der Waals surface area contributed by atoms with Gasteiger partial charge in [0.25, 0.3) is 5.91 Å². The molecule has 4 amide bonds. The van der Waals surface area contributed by atoms with Crippen LogP contribution < -0.4 is 34.1 Å². The van der Waals surface area contributed by atoms with E-state index < -0.39 is 123 Å². The fourth-order valence-electron chi connectivity index (χ4n) is 16.9.